The molecule has 6 nitrogen and oxygen atoms in total. The van der Waals surface area contributed by atoms with Crippen LogP contribution in [0.15, 0.2) is 11.1 Å². The number of nitrogens with one attached hydrogen (secondary N) is 2. The number of aryl methyl sites for hydroxylation is 4. The number of guanidine groups is 1. The maximum absolute atomic E-state index is 4.52. The van der Waals surface area contributed by atoms with Crippen molar-refractivity contribution in [1.82, 2.24) is 25.4 Å². The molecule has 0 spiro atoms. The molecule has 2 heterocycles. The van der Waals surface area contributed by atoms with E-state index < -0.39 is 0 Å². The van der Waals surface area contributed by atoms with E-state index in [4.69, 9.17) is 0 Å². The summed E-state index contributed by atoms with van der Waals surface area (Å²) in [7, 11) is 1.80. The number of hydrogen-bond acceptors (Lipinski definition) is 4. The number of nitrogens with zero attached hydrogens (tertiary/aromatic N) is 4. The zero-order valence-electron chi connectivity index (χ0n) is 15.5. The highest BCUT2D eigenvalue weighted by atomic mass is 32.1. The van der Waals surface area contributed by atoms with E-state index in [1.807, 2.05) is 20.8 Å². The summed E-state index contributed by atoms with van der Waals surface area (Å²) in [6.07, 6.45) is 0. The van der Waals surface area contributed by atoms with E-state index in [2.05, 4.69) is 50.3 Å². The fraction of sp³-hybridized carbons (Fsp3) is 0.588. The van der Waals surface area contributed by atoms with Gasteiger partial charge in [0.15, 0.2) is 5.96 Å². The molecule has 1 atom stereocenters. The van der Waals surface area contributed by atoms with E-state index in [1.54, 1.807) is 18.4 Å². The van der Waals surface area contributed by atoms with Gasteiger partial charge in [0.1, 0.15) is 0 Å². The van der Waals surface area contributed by atoms with Crippen LogP contribution in [0.5, 0.6) is 0 Å². The van der Waals surface area contributed by atoms with E-state index >= 15 is 0 Å². The molecule has 2 aromatic rings. The predicted octanol–water partition coefficient (Wildman–Crippen LogP) is 2.57. The van der Waals surface area contributed by atoms with Gasteiger partial charge in [-0.2, -0.15) is 5.10 Å². The van der Waals surface area contributed by atoms with Gasteiger partial charge in [0.2, 0.25) is 0 Å². The molecule has 0 aromatic carbocycles. The summed E-state index contributed by atoms with van der Waals surface area (Å²) in [5, 5.41) is 12.4. The lowest BCUT2D eigenvalue weighted by atomic mass is 10.2. The Bertz CT molecular complexity index is 700. The number of thiazole rings is 1. The molecule has 0 amide bonds. The lowest BCUT2D eigenvalue weighted by Gasteiger charge is -2.16. The fourth-order valence-electron chi connectivity index (χ4n) is 2.61. The second kappa shape index (κ2) is 8.28. The van der Waals surface area contributed by atoms with Crippen LogP contribution in [0, 0.1) is 33.6 Å². The third-order valence-electron chi connectivity index (χ3n) is 3.85. The van der Waals surface area contributed by atoms with Crippen LogP contribution in [0.1, 0.15) is 33.9 Å². The monoisotopic (exact) mass is 348 g/mol. The summed E-state index contributed by atoms with van der Waals surface area (Å²) in [5.41, 5.74) is 3.37. The molecule has 0 bridgehead atoms. The quantitative estimate of drug-likeness (QED) is 0.622. The Morgan fingerprint density at radius 2 is 2.04 bits per heavy atom. The Morgan fingerprint density at radius 1 is 1.29 bits per heavy atom. The number of rotatable bonds is 6. The van der Waals surface area contributed by atoms with Crippen molar-refractivity contribution in [1.29, 1.82) is 0 Å². The number of aromatic nitrogens is 3. The molecule has 0 aliphatic rings. The van der Waals surface area contributed by atoms with Crippen LogP contribution in [0.2, 0.25) is 0 Å². The van der Waals surface area contributed by atoms with Gasteiger partial charge in [-0.05, 0) is 39.7 Å². The minimum absolute atomic E-state index is 0.453. The van der Waals surface area contributed by atoms with Crippen LogP contribution in [0.3, 0.4) is 0 Å². The minimum atomic E-state index is 0.453. The van der Waals surface area contributed by atoms with Crippen molar-refractivity contribution < 1.29 is 0 Å². The summed E-state index contributed by atoms with van der Waals surface area (Å²) >= 11 is 1.73. The second-order valence-electron chi connectivity index (χ2n) is 6.26. The van der Waals surface area contributed by atoms with Crippen LogP contribution in [0.25, 0.3) is 0 Å². The van der Waals surface area contributed by atoms with Gasteiger partial charge in [0.05, 0.1) is 22.9 Å². The molecular weight excluding hydrogens is 320 g/mol. The van der Waals surface area contributed by atoms with Crippen molar-refractivity contribution in [3.05, 3.63) is 33.0 Å². The number of hydrogen-bond donors (Lipinski definition) is 2. The summed E-state index contributed by atoms with van der Waals surface area (Å²) in [4.78, 5) is 10.0. The van der Waals surface area contributed by atoms with E-state index in [1.165, 1.54) is 10.6 Å². The Balaban J connectivity index is 1.80. The van der Waals surface area contributed by atoms with Crippen LogP contribution < -0.4 is 10.6 Å². The summed E-state index contributed by atoms with van der Waals surface area (Å²) in [6.45, 7) is 12.9. The molecule has 2 rings (SSSR count). The highest BCUT2D eigenvalue weighted by Gasteiger charge is 2.09. The van der Waals surface area contributed by atoms with Crippen molar-refractivity contribution >= 4 is 17.3 Å². The molecule has 0 aliphatic carbocycles. The first-order valence-electron chi connectivity index (χ1n) is 8.27. The van der Waals surface area contributed by atoms with Crippen molar-refractivity contribution in [2.75, 3.05) is 13.6 Å². The van der Waals surface area contributed by atoms with Crippen LogP contribution >= 0.6 is 11.3 Å². The molecule has 24 heavy (non-hydrogen) atoms. The Labute approximate surface area is 148 Å². The molecule has 0 radical (unpaired) electrons. The average molecular weight is 349 g/mol. The first-order valence-corrected chi connectivity index (χ1v) is 9.09. The highest BCUT2D eigenvalue weighted by molar-refractivity contribution is 7.11. The lowest BCUT2D eigenvalue weighted by Crippen LogP contribution is -2.39. The minimum Gasteiger partial charge on any atom is -0.356 e. The summed E-state index contributed by atoms with van der Waals surface area (Å²) in [6, 6.07) is 2.11. The first kappa shape index (κ1) is 18.4. The molecule has 1 unspecified atom stereocenters. The van der Waals surface area contributed by atoms with E-state index in [-0.39, 0.29) is 0 Å². The topological polar surface area (TPSA) is 67.1 Å². The van der Waals surface area contributed by atoms with Crippen molar-refractivity contribution in [2.24, 2.45) is 10.9 Å². The standard InChI is InChI=1S/C17H28N6S/c1-11(10-23-13(3)7-12(2)22-23)8-19-17(18-6)20-9-16-14(4)21-15(5)24-16/h7,11H,8-10H2,1-6H3,(H2,18,19,20). The molecule has 7 heteroatoms. The normalized spacial score (nSPS) is 13.2. The third-order valence-corrected chi connectivity index (χ3v) is 4.92. The van der Waals surface area contributed by atoms with Gasteiger partial charge in [-0.25, -0.2) is 4.98 Å². The Hall–Kier alpha value is -1.89. The van der Waals surface area contributed by atoms with Crippen molar-refractivity contribution in [3.8, 4) is 0 Å². The largest absolute Gasteiger partial charge is 0.356 e. The fourth-order valence-corrected chi connectivity index (χ4v) is 3.49. The van der Waals surface area contributed by atoms with Crippen molar-refractivity contribution in [2.45, 2.75) is 47.7 Å². The van der Waals surface area contributed by atoms with Gasteiger partial charge < -0.3 is 10.6 Å². The zero-order valence-corrected chi connectivity index (χ0v) is 16.3. The Kier molecular flexibility index (Phi) is 6.36. The Morgan fingerprint density at radius 3 is 2.58 bits per heavy atom. The maximum atomic E-state index is 4.52. The molecule has 2 aromatic heterocycles. The molecule has 0 saturated heterocycles. The summed E-state index contributed by atoms with van der Waals surface area (Å²) in [5.74, 6) is 1.27. The SMILES string of the molecule is CN=C(NCc1sc(C)nc1C)NCC(C)Cn1nc(C)cc1C. The lowest BCUT2D eigenvalue weighted by molar-refractivity contribution is 0.436. The molecule has 2 N–H and O–H groups in total. The van der Waals surface area contributed by atoms with Crippen molar-refractivity contribution in [3.63, 3.8) is 0 Å². The van der Waals surface area contributed by atoms with Gasteiger partial charge in [-0.3, -0.25) is 9.67 Å². The third kappa shape index (κ3) is 5.06. The molecule has 0 saturated carbocycles. The molecular formula is C17H28N6S. The highest BCUT2D eigenvalue weighted by Crippen LogP contribution is 2.16. The van der Waals surface area contributed by atoms with Gasteiger partial charge in [-0.15, -0.1) is 11.3 Å². The predicted molar refractivity (Wildman–Crippen MR) is 101 cm³/mol. The van der Waals surface area contributed by atoms with E-state index in [0.29, 0.717) is 5.92 Å². The molecule has 0 aliphatic heterocycles. The van der Waals surface area contributed by atoms with Crippen LogP contribution in [-0.4, -0.2) is 34.3 Å². The van der Waals surface area contributed by atoms with E-state index in [9.17, 15) is 0 Å². The zero-order chi connectivity index (χ0) is 17.7. The first-order chi connectivity index (χ1) is 11.4. The van der Waals surface area contributed by atoms with Crippen LogP contribution in [0.4, 0.5) is 0 Å². The average Bonchev–Trinajstić information content (AvgIpc) is 3.00. The smallest absolute Gasteiger partial charge is 0.191 e. The van der Waals surface area contributed by atoms with Crippen LogP contribution in [-0.2, 0) is 13.1 Å². The van der Waals surface area contributed by atoms with Gasteiger partial charge in [0, 0.05) is 30.7 Å². The van der Waals surface area contributed by atoms with Gasteiger partial charge in [-0.1, -0.05) is 6.92 Å². The second-order valence-corrected chi connectivity index (χ2v) is 7.55. The molecule has 0 fully saturated rings. The van der Waals surface area contributed by atoms with Gasteiger partial charge in [0.25, 0.3) is 0 Å². The molecule has 132 valence electrons. The van der Waals surface area contributed by atoms with Gasteiger partial charge >= 0.3 is 0 Å². The number of aliphatic imine (C=N–C) groups is 1. The maximum Gasteiger partial charge on any atom is 0.191 e. The van der Waals surface area contributed by atoms with E-state index in [0.717, 1.165) is 42.0 Å². The summed E-state index contributed by atoms with van der Waals surface area (Å²) < 4.78 is 2.07.